The van der Waals surface area contributed by atoms with E-state index >= 15 is 0 Å². The highest BCUT2D eigenvalue weighted by Gasteiger charge is 2.51. The average Bonchev–Trinajstić information content (AvgIpc) is 3.66. The summed E-state index contributed by atoms with van der Waals surface area (Å²) < 4.78 is 46.9. The third-order valence-corrected chi connectivity index (χ3v) is 8.05. The van der Waals surface area contributed by atoms with E-state index in [1.54, 1.807) is 24.0 Å². The summed E-state index contributed by atoms with van der Waals surface area (Å²) in [6.45, 7) is 1.74. The van der Waals surface area contributed by atoms with Gasteiger partial charge in [-0.05, 0) is 80.1 Å². The second kappa shape index (κ2) is 11.7. The zero-order valence-electron chi connectivity index (χ0n) is 22.7. The van der Waals surface area contributed by atoms with Crippen LogP contribution in [0.3, 0.4) is 0 Å². The molecule has 2 amide bonds. The van der Waals surface area contributed by atoms with Crippen LogP contribution < -0.4 is 9.64 Å². The van der Waals surface area contributed by atoms with Crippen molar-refractivity contribution in [3.05, 3.63) is 59.2 Å². The number of rotatable bonds is 9. The zero-order chi connectivity index (χ0) is 29.3. The lowest BCUT2D eigenvalue weighted by molar-refractivity contribution is -0.274. The van der Waals surface area contributed by atoms with Crippen molar-refractivity contribution in [2.24, 2.45) is 5.92 Å². The number of hydrogen-bond acceptors (Lipinski definition) is 6. The first-order chi connectivity index (χ1) is 19.6. The molecule has 3 unspecified atom stereocenters. The highest BCUT2D eigenvalue weighted by molar-refractivity contribution is 6.07. The van der Waals surface area contributed by atoms with Gasteiger partial charge in [0.15, 0.2) is 0 Å². The fourth-order valence-corrected chi connectivity index (χ4v) is 6.29. The molecule has 2 aromatic rings. The third-order valence-electron chi connectivity index (χ3n) is 8.05. The maximum Gasteiger partial charge on any atom is 0.573 e. The summed E-state index contributed by atoms with van der Waals surface area (Å²) in [7, 11) is 0. The van der Waals surface area contributed by atoms with Crippen molar-refractivity contribution in [2.75, 3.05) is 11.5 Å². The first kappa shape index (κ1) is 28.9. The summed E-state index contributed by atoms with van der Waals surface area (Å²) >= 11 is 0. The second-order valence-corrected chi connectivity index (χ2v) is 10.7. The molecular weight excluding hydrogens is 541 g/mol. The normalized spacial score (nSPS) is 21.6. The van der Waals surface area contributed by atoms with Gasteiger partial charge in [0, 0.05) is 35.7 Å². The molecule has 0 bridgehead atoms. The lowest BCUT2D eigenvalue weighted by atomic mass is 9.80. The van der Waals surface area contributed by atoms with E-state index in [4.69, 9.17) is 4.74 Å². The number of fused-ring (bicyclic) bond motifs is 2. The highest BCUT2D eigenvalue weighted by Crippen LogP contribution is 2.53. The molecule has 2 aliphatic carbocycles. The minimum absolute atomic E-state index is 0.0150. The van der Waals surface area contributed by atoms with E-state index in [0.717, 1.165) is 43.4 Å². The van der Waals surface area contributed by atoms with Gasteiger partial charge in [0.05, 0.1) is 25.7 Å². The van der Waals surface area contributed by atoms with Crippen molar-refractivity contribution in [3.63, 3.8) is 0 Å². The maximum absolute atomic E-state index is 13.9. The Kier molecular flexibility index (Phi) is 8.26. The average molecular weight is 575 g/mol. The Bertz CT molecular complexity index is 1290. The Morgan fingerprint density at radius 1 is 1.02 bits per heavy atom. The molecule has 11 heteroatoms. The number of carbonyl (C=O) groups excluding carboxylic acids is 3. The Labute approximate surface area is 236 Å². The molecule has 1 N–H and O–H groups in total. The number of hydrogen-bond donors (Lipinski definition) is 1. The summed E-state index contributed by atoms with van der Waals surface area (Å²) in [4.78, 5) is 43.2. The predicted octanol–water partition coefficient (Wildman–Crippen LogP) is 5.28. The molecule has 220 valence electrons. The van der Waals surface area contributed by atoms with Gasteiger partial charge in [-0.15, -0.1) is 13.2 Å². The molecule has 8 nitrogen and oxygen atoms in total. The minimum atomic E-state index is -4.84. The zero-order valence-corrected chi connectivity index (χ0v) is 22.7. The van der Waals surface area contributed by atoms with Gasteiger partial charge in [0.2, 0.25) is 5.91 Å². The van der Waals surface area contributed by atoms with Gasteiger partial charge in [-0.25, -0.2) is 0 Å². The van der Waals surface area contributed by atoms with Crippen LogP contribution in [0.25, 0.3) is 0 Å². The number of benzene rings is 2. The summed E-state index contributed by atoms with van der Waals surface area (Å²) in [5.41, 5.74) is 2.22. The van der Waals surface area contributed by atoms with E-state index in [1.807, 2.05) is 11.0 Å². The Morgan fingerprint density at radius 2 is 1.76 bits per heavy atom. The van der Waals surface area contributed by atoms with Crippen molar-refractivity contribution in [1.82, 2.24) is 4.90 Å². The Balaban J connectivity index is 1.50. The van der Waals surface area contributed by atoms with E-state index in [9.17, 15) is 32.7 Å². The number of carbonyl (C=O) groups is 3. The molecule has 3 aliphatic rings. The van der Waals surface area contributed by atoms with Gasteiger partial charge in [-0.1, -0.05) is 12.5 Å². The van der Waals surface area contributed by atoms with Crippen LogP contribution in [0.4, 0.5) is 18.9 Å². The van der Waals surface area contributed by atoms with Crippen LogP contribution in [0, 0.1) is 5.92 Å². The van der Waals surface area contributed by atoms with Crippen LogP contribution in [0.15, 0.2) is 42.5 Å². The van der Waals surface area contributed by atoms with Crippen molar-refractivity contribution < 1.29 is 42.1 Å². The van der Waals surface area contributed by atoms with E-state index in [1.165, 1.54) is 12.1 Å². The number of aliphatic hydroxyl groups is 1. The summed E-state index contributed by atoms with van der Waals surface area (Å²) in [5, 5.41) is 9.93. The molecule has 41 heavy (non-hydrogen) atoms. The fraction of sp³-hybridized carbons (Fsp3) is 0.500. The van der Waals surface area contributed by atoms with Crippen molar-refractivity contribution >= 4 is 23.5 Å². The molecule has 0 spiro atoms. The quantitative estimate of drug-likeness (QED) is 0.410. The van der Waals surface area contributed by atoms with Crippen LogP contribution in [0.2, 0.25) is 0 Å². The predicted molar refractivity (Wildman–Crippen MR) is 142 cm³/mol. The van der Waals surface area contributed by atoms with Gasteiger partial charge in [0.1, 0.15) is 5.75 Å². The van der Waals surface area contributed by atoms with E-state index < -0.39 is 18.1 Å². The fourth-order valence-electron chi connectivity index (χ4n) is 6.29. The van der Waals surface area contributed by atoms with Crippen molar-refractivity contribution in [2.45, 2.75) is 83.0 Å². The molecule has 3 atom stereocenters. The van der Waals surface area contributed by atoms with E-state index in [0.29, 0.717) is 17.7 Å². The largest absolute Gasteiger partial charge is 0.573 e. The lowest BCUT2D eigenvalue weighted by Gasteiger charge is -2.48. The standard InChI is InChI=1S/C30H33F3N2O6/c1-2-40-27(38)15-14-26(37)34(20-9-10-20)28-22-4-3-5-24(22)35(25-13-6-18(17-36)16-23(25)28)29(39)19-7-11-21(12-8-19)41-30(31,32)33/h6-8,11-13,16,20,22,24,28,36H,2-5,9-10,14-15,17H2,1H3. The van der Waals surface area contributed by atoms with Gasteiger partial charge >= 0.3 is 12.3 Å². The van der Waals surface area contributed by atoms with Gasteiger partial charge in [0.25, 0.3) is 5.91 Å². The number of ether oxygens (including phenoxy) is 2. The van der Waals surface area contributed by atoms with Crippen LogP contribution in [0.5, 0.6) is 5.75 Å². The maximum atomic E-state index is 13.9. The molecule has 1 heterocycles. The number of esters is 1. The first-order valence-electron chi connectivity index (χ1n) is 14.0. The van der Waals surface area contributed by atoms with Gasteiger partial charge < -0.3 is 24.4 Å². The molecule has 2 saturated carbocycles. The number of nitrogens with zero attached hydrogens (tertiary/aromatic N) is 2. The van der Waals surface area contributed by atoms with Crippen LogP contribution in [-0.4, -0.2) is 52.8 Å². The summed E-state index contributed by atoms with van der Waals surface area (Å²) in [6, 6.07) is 9.67. The molecule has 0 saturated heterocycles. The Hall–Kier alpha value is -3.60. The molecule has 5 rings (SSSR count). The molecule has 2 aromatic carbocycles. The number of amides is 2. The second-order valence-electron chi connectivity index (χ2n) is 10.7. The smallest absolute Gasteiger partial charge is 0.466 e. The molecule has 0 radical (unpaired) electrons. The minimum Gasteiger partial charge on any atom is -0.466 e. The molecule has 2 fully saturated rings. The molecular formula is C30H33F3N2O6. The van der Waals surface area contributed by atoms with Crippen molar-refractivity contribution in [3.8, 4) is 5.75 Å². The topological polar surface area (TPSA) is 96.4 Å². The van der Waals surface area contributed by atoms with E-state index in [2.05, 4.69) is 4.74 Å². The third kappa shape index (κ3) is 6.19. The Morgan fingerprint density at radius 3 is 2.39 bits per heavy atom. The molecule has 1 aliphatic heterocycles. The molecule has 0 aromatic heterocycles. The van der Waals surface area contributed by atoms with E-state index in [-0.39, 0.29) is 67.5 Å². The monoisotopic (exact) mass is 574 g/mol. The lowest BCUT2D eigenvalue weighted by Crippen LogP contribution is -2.53. The van der Waals surface area contributed by atoms with Crippen LogP contribution in [0.1, 0.15) is 79.4 Å². The number of halogens is 3. The number of alkyl halides is 3. The van der Waals surface area contributed by atoms with Crippen LogP contribution in [-0.2, 0) is 20.9 Å². The summed E-state index contributed by atoms with van der Waals surface area (Å²) in [6.07, 6.45) is -0.814. The van der Waals surface area contributed by atoms with Gasteiger partial charge in [-0.2, -0.15) is 0 Å². The SMILES string of the molecule is CCOC(=O)CCC(=O)N(C1CC1)C1c2cc(CO)ccc2N(C(=O)c2ccc(OC(F)(F)F)cc2)C2CCCC21. The number of aliphatic hydroxyl groups excluding tert-OH is 1. The number of anilines is 1. The first-order valence-corrected chi connectivity index (χ1v) is 14.0. The van der Waals surface area contributed by atoms with Crippen LogP contribution >= 0.6 is 0 Å². The highest BCUT2D eigenvalue weighted by atomic mass is 19.4. The van der Waals surface area contributed by atoms with Crippen molar-refractivity contribution in [1.29, 1.82) is 0 Å². The summed E-state index contributed by atoms with van der Waals surface area (Å²) in [5.74, 6) is -1.42. The van der Waals surface area contributed by atoms with Gasteiger partial charge in [-0.3, -0.25) is 14.4 Å².